The maximum absolute atomic E-state index is 12.3. The van der Waals surface area contributed by atoms with E-state index in [4.69, 9.17) is 9.47 Å². The third-order valence-corrected chi connectivity index (χ3v) is 4.87. The highest BCUT2D eigenvalue weighted by Gasteiger charge is 2.08. The molecule has 3 aromatic rings. The summed E-state index contributed by atoms with van der Waals surface area (Å²) in [7, 11) is 0. The van der Waals surface area contributed by atoms with E-state index in [1.165, 1.54) is 0 Å². The van der Waals surface area contributed by atoms with Gasteiger partial charge in [-0.1, -0.05) is 13.8 Å². The lowest BCUT2D eigenvalue weighted by atomic mass is 10.1. The highest BCUT2D eigenvalue weighted by Crippen LogP contribution is 2.12. The number of hydrazone groups is 2. The maximum atomic E-state index is 12.3. The molecular formula is C28H30N4O4. The average molecular weight is 487 g/mol. The molecule has 8 heteroatoms. The number of amides is 2. The van der Waals surface area contributed by atoms with E-state index in [-0.39, 0.29) is 11.8 Å². The minimum Gasteiger partial charge on any atom is -0.494 e. The van der Waals surface area contributed by atoms with Crippen LogP contribution in [0, 0.1) is 0 Å². The van der Waals surface area contributed by atoms with E-state index in [0.717, 1.165) is 35.5 Å². The van der Waals surface area contributed by atoms with Gasteiger partial charge < -0.3 is 9.47 Å². The Hall–Kier alpha value is -4.46. The normalized spacial score (nSPS) is 10.9. The molecule has 3 rings (SSSR count). The Labute approximate surface area is 211 Å². The fraction of sp³-hybridized carbons (Fsp3) is 0.214. The molecule has 2 amide bonds. The first kappa shape index (κ1) is 26.2. The first-order chi connectivity index (χ1) is 17.6. The predicted molar refractivity (Wildman–Crippen MR) is 141 cm³/mol. The monoisotopic (exact) mass is 486 g/mol. The van der Waals surface area contributed by atoms with Crippen molar-refractivity contribution in [3.05, 3.63) is 95.1 Å². The molecule has 0 fully saturated rings. The van der Waals surface area contributed by atoms with E-state index in [1.54, 1.807) is 36.7 Å². The van der Waals surface area contributed by atoms with E-state index in [1.807, 2.05) is 62.4 Å². The molecule has 0 spiro atoms. The third-order valence-electron chi connectivity index (χ3n) is 4.87. The predicted octanol–water partition coefficient (Wildman–Crippen LogP) is 4.79. The van der Waals surface area contributed by atoms with Gasteiger partial charge in [0.25, 0.3) is 11.8 Å². The van der Waals surface area contributed by atoms with Gasteiger partial charge in [0.15, 0.2) is 0 Å². The van der Waals surface area contributed by atoms with E-state index >= 15 is 0 Å². The summed E-state index contributed by atoms with van der Waals surface area (Å²) in [5.74, 6) is 0.815. The topological polar surface area (TPSA) is 101 Å². The smallest absolute Gasteiger partial charge is 0.271 e. The van der Waals surface area contributed by atoms with Crippen LogP contribution >= 0.6 is 0 Å². The van der Waals surface area contributed by atoms with Gasteiger partial charge in [-0.3, -0.25) is 9.59 Å². The SMILES string of the molecule is CCCOc1ccc(C=NNC(=O)c2ccc(C(=O)NN=Cc3ccc(OCCC)cc3)cc2)cc1. The van der Waals surface area contributed by atoms with Gasteiger partial charge in [0.1, 0.15) is 11.5 Å². The lowest BCUT2D eigenvalue weighted by Gasteiger charge is -2.04. The van der Waals surface area contributed by atoms with Gasteiger partial charge in [-0.25, -0.2) is 10.9 Å². The van der Waals surface area contributed by atoms with Gasteiger partial charge in [0.2, 0.25) is 0 Å². The molecule has 0 aromatic heterocycles. The van der Waals surface area contributed by atoms with Gasteiger partial charge >= 0.3 is 0 Å². The second-order valence-corrected chi connectivity index (χ2v) is 7.81. The van der Waals surface area contributed by atoms with Crippen LogP contribution in [-0.4, -0.2) is 37.5 Å². The van der Waals surface area contributed by atoms with Crippen molar-refractivity contribution in [1.29, 1.82) is 0 Å². The summed E-state index contributed by atoms with van der Waals surface area (Å²) in [6.07, 6.45) is 4.99. The zero-order valence-corrected chi connectivity index (χ0v) is 20.4. The molecule has 0 aliphatic heterocycles. The largest absolute Gasteiger partial charge is 0.494 e. The van der Waals surface area contributed by atoms with Crippen molar-refractivity contribution in [2.75, 3.05) is 13.2 Å². The number of carbonyl (C=O) groups is 2. The van der Waals surface area contributed by atoms with Crippen molar-refractivity contribution in [2.45, 2.75) is 26.7 Å². The van der Waals surface area contributed by atoms with Gasteiger partial charge in [-0.2, -0.15) is 10.2 Å². The first-order valence-corrected chi connectivity index (χ1v) is 11.8. The number of hydrogen-bond acceptors (Lipinski definition) is 6. The van der Waals surface area contributed by atoms with Crippen molar-refractivity contribution >= 4 is 24.2 Å². The number of nitrogens with zero attached hydrogens (tertiary/aromatic N) is 2. The number of benzene rings is 3. The number of carbonyl (C=O) groups excluding carboxylic acids is 2. The number of ether oxygens (including phenoxy) is 2. The molecule has 0 saturated carbocycles. The van der Waals surface area contributed by atoms with Crippen LogP contribution in [0.1, 0.15) is 58.5 Å². The van der Waals surface area contributed by atoms with Gasteiger partial charge in [-0.15, -0.1) is 0 Å². The van der Waals surface area contributed by atoms with Crippen LogP contribution < -0.4 is 20.3 Å². The quantitative estimate of drug-likeness (QED) is 0.284. The Morgan fingerprint density at radius 2 is 1.00 bits per heavy atom. The molecule has 0 heterocycles. The summed E-state index contributed by atoms with van der Waals surface area (Å²) < 4.78 is 11.1. The molecule has 0 unspecified atom stereocenters. The molecule has 186 valence electrons. The highest BCUT2D eigenvalue weighted by atomic mass is 16.5. The molecule has 0 radical (unpaired) electrons. The lowest BCUT2D eigenvalue weighted by Crippen LogP contribution is -2.19. The van der Waals surface area contributed by atoms with E-state index in [0.29, 0.717) is 24.3 Å². The molecule has 0 saturated heterocycles. The van der Waals surface area contributed by atoms with E-state index in [2.05, 4.69) is 21.1 Å². The third kappa shape index (κ3) is 8.39. The van der Waals surface area contributed by atoms with Gasteiger partial charge in [0.05, 0.1) is 25.6 Å². The summed E-state index contributed by atoms with van der Waals surface area (Å²) in [4.78, 5) is 24.6. The van der Waals surface area contributed by atoms with Crippen molar-refractivity contribution in [3.63, 3.8) is 0 Å². The molecule has 0 aliphatic rings. The van der Waals surface area contributed by atoms with Crippen LogP contribution in [0.4, 0.5) is 0 Å². The number of nitrogens with one attached hydrogen (secondary N) is 2. The molecule has 2 N–H and O–H groups in total. The van der Waals surface area contributed by atoms with E-state index < -0.39 is 0 Å². The minimum absolute atomic E-state index is 0.376. The molecule has 8 nitrogen and oxygen atoms in total. The standard InChI is InChI=1S/C28H30N4O4/c1-3-17-35-25-13-5-21(6-14-25)19-29-31-27(33)23-9-11-24(12-10-23)28(34)32-30-20-22-7-15-26(16-8-22)36-18-4-2/h5-16,19-20H,3-4,17-18H2,1-2H3,(H,31,33)(H,32,34). The molecular weight excluding hydrogens is 456 g/mol. The average Bonchev–Trinajstić information content (AvgIpc) is 2.92. The maximum Gasteiger partial charge on any atom is 0.271 e. The van der Waals surface area contributed by atoms with Crippen LogP contribution in [0.2, 0.25) is 0 Å². The fourth-order valence-corrected chi connectivity index (χ4v) is 2.97. The van der Waals surface area contributed by atoms with Crippen molar-refractivity contribution in [2.24, 2.45) is 10.2 Å². The summed E-state index contributed by atoms with van der Waals surface area (Å²) in [5, 5.41) is 7.97. The fourth-order valence-electron chi connectivity index (χ4n) is 2.97. The lowest BCUT2D eigenvalue weighted by molar-refractivity contribution is 0.0943. The summed E-state index contributed by atoms with van der Waals surface area (Å²) >= 11 is 0. The molecule has 0 aliphatic carbocycles. The van der Waals surface area contributed by atoms with Crippen molar-refractivity contribution in [3.8, 4) is 11.5 Å². The zero-order chi connectivity index (χ0) is 25.6. The van der Waals surface area contributed by atoms with Crippen LogP contribution in [0.5, 0.6) is 11.5 Å². The van der Waals surface area contributed by atoms with E-state index in [9.17, 15) is 9.59 Å². The zero-order valence-electron chi connectivity index (χ0n) is 20.4. The number of rotatable bonds is 12. The van der Waals surface area contributed by atoms with Crippen LogP contribution in [-0.2, 0) is 0 Å². The minimum atomic E-state index is -0.384. The van der Waals surface area contributed by atoms with Crippen molar-refractivity contribution in [1.82, 2.24) is 10.9 Å². The Morgan fingerprint density at radius 1 is 0.639 bits per heavy atom. The second kappa shape index (κ2) is 14.1. The Kier molecular flexibility index (Phi) is 10.2. The van der Waals surface area contributed by atoms with Crippen LogP contribution in [0.3, 0.4) is 0 Å². The van der Waals surface area contributed by atoms with Crippen LogP contribution in [0.25, 0.3) is 0 Å². The molecule has 36 heavy (non-hydrogen) atoms. The Bertz CT molecular complexity index is 1080. The summed E-state index contributed by atoms with van der Waals surface area (Å²) in [6.45, 7) is 5.43. The summed E-state index contributed by atoms with van der Waals surface area (Å²) in [6, 6.07) is 21.0. The Morgan fingerprint density at radius 3 is 1.33 bits per heavy atom. The molecule has 0 bridgehead atoms. The first-order valence-electron chi connectivity index (χ1n) is 11.8. The highest BCUT2D eigenvalue weighted by molar-refractivity contribution is 5.98. The summed E-state index contributed by atoms with van der Waals surface area (Å²) in [5.41, 5.74) is 7.36. The second-order valence-electron chi connectivity index (χ2n) is 7.81. The van der Waals surface area contributed by atoms with Gasteiger partial charge in [0, 0.05) is 11.1 Å². The number of hydrogen-bond donors (Lipinski definition) is 2. The molecule has 0 atom stereocenters. The molecule has 3 aromatic carbocycles. The van der Waals surface area contributed by atoms with Crippen LogP contribution in [0.15, 0.2) is 83.0 Å². The Balaban J connectivity index is 1.46. The van der Waals surface area contributed by atoms with Gasteiger partial charge in [-0.05, 0) is 96.8 Å². The van der Waals surface area contributed by atoms with Crippen molar-refractivity contribution < 1.29 is 19.1 Å².